The predicted octanol–water partition coefficient (Wildman–Crippen LogP) is 0.367. The third-order valence-corrected chi connectivity index (χ3v) is 4.87. The summed E-state index contributed by atoms with van der Waals surface area (Å²) >= 11 is 0. The van der Waals surface area contributed by atoms with Gasteiger partial charge in [0.15, 0.2) is 0 Å². The van der Waals surface area contributed by atoms with Gasteiger partial charge in [-0.15, -0.1) is 0 Å². The minimum atomic E-state index is -0.834. The van der Waals surface area contributed by atoms with Crippen LogP contribution in [0.2, 0.25) is 0 Å². The second-order valence-electron chi connectivity index (χ2n) is 5.44. The molecule has 2 aliphatic rings. The molecule has 3 atom stereocenters. The molecular weight excluding hydrogens is 264 g/mol. The summed E-state index contributed by atoms with van der Waals surface area (Å²) in [6, 6.07) is -0.186. The summed E-state index contributed by atoms with van der Waals surface area (Å²) in [5.41, 5.74) is 0. The Kier molecular flexibility index (Phi) is 4.60. The van der Waals surface area contributed by atoms with Crippen molar-refractivity contribution >= 4 is 22.6 Å². The Morgan fingerprint density at radius 2 is 2.11 bits per heavy atom. The maximum Gasteiger partial charge on any atom is 0.245 e. The zero-order valence-corrected chi connectivity index (χ0v) is 12.4. The predicted molar refractivity (Wildman–Crippen MR) is 74.1 cm³/mol. The standard InChI is InChI=1S/C13H22N2O3S/c1-10(6-9-19(2)18)14-8-5-12(16)15-7-3-4-11(15)13(14)17/h10-11H,3-9H2,1-2H3. The number of nitrogens with zero attached hydrogens (tertiary/aromatic N) is 2. The number of carbonyl (C=O) groups is 2. The fourth-order valence-electron chi connectivity index (χ4n) is 2.91. The molecule has 0 aromatic rings. The summed E-state index contributed by atoms with van der Waals surface area (Å²) in [5, 5.41) is 0. The third-order valence-electron chi connectivity index (χ3n) is 4.06. The molecule has 2 rings (SSSR count). The molecule has 0 spiro atoms. The van der Waals surface area contributed by atoms with Crippen LogP contribution >= 0.6 is 0 Å². The maximum atomic E-state index is 12.5. The van der Waals surface area contributed by atoms with Gasteiger partial charge in [-0.1, -0.05) is 0 Å². The number of fused-ring (bicyclic) bond motifs is 1. The van der Waals surface area contributed by atoms with E-state index in [1.165, 1.54) is 0 Å². The number of carbonyl (C=O) groups excluding carboxylic acids is 2. The zero-order chi connectivity index (χ0) is 14.0. The van der Waals surface area contributed by atoms with Crippen molar-refractivity contribution in [1.29, 1.82) is 0 Å². The highest BCUT2D eigenvalue weighted by atomic mass is 32.2. The van der Waals surface area contributed by atoms with Crippen molar-refractivity contribution < 1.29 is 13.8 Å². The van der Waals surface area contributed by atoms with Crippen LogP contribution in [0.1, 0.15) is 32.6 Å². The van der Waals surface area contributed by atoms with Gasteiger partial charge in [0.2, 0.25) is 11.8 Å². The van der Waals surface area contributed by atoms with Crippen molar-refractivity contribution in [3.05, 3.63) is 0 Å². The van der Waals surface area contributed by atoms with E-state index in [1.807, 2.05) is 11.8 Å². The molecule has 0 bridgehead atoms. The van der Waals surface area contributed by atoms with Gasteiger partial charge in [0, 0.05) is 48.4 Å². The molecule has 19 heavy (non-hydrogen) atoms. The first-order valence-corrected chi connectivity index (χ1v) is 8.63. The highest BCUT2D eigenvalue weighted by Gasteiger charge is 2.40. The summed E-state index contributed by atoms with van der Waals surface area (Å²) in [5.74, 6) is 0.787. The van der Waals surface area contributed by atoms with Crippen LogP contribution in [-0.2, 0) is 20.4 Å². The maximum absolute atomic E-state index is 12.5. The Morgan fingerprint density at radius 1 is 1.37 bits per heavy atom. The van der Waals surface area contributed by atoms with Crippen molar-refractivity contribution in [3.63, 3.8) is 0 Å². The van der Waals surface area contributed by atoms with E-state index in [0.717, 1.165) is 25.8 Å². The quantitative estimate of drug-likeness (QED) is 0.750. The lowest BCUT2D eigenvalue weighted by molar-refractivity contribution is -0.140. The Morgan fingerprint density at radius 3 is 2.79 bits per heavy atom. The minimum Gasteiger partial charge on any atom is -0.338 e. The van der Waals surface area contributed by atoms with Crippen molar-refractivity contribution in [2.45, 2.75) is 44.7 Å². The molecule has 0 N–H and O–H groups in total. The molecule has 108 valence electrons. The molecule has 0 saturated carbocycles. The molecule has 0 aromatic heterocycles. The van der Waals surface area contributed by atoms with Crippen LogP contribution in [0.5, 0.6) is 0 Å². The Bertz CT molecular complexity index is 399. The van der Waals surface area contributed by atoms with Crippen molar-refractivity contribution in [2.24, 2.45) is 0 Å². The lowest BCUT2D eigenvalue weighted by atomic mass is 10.1. The van der Waals surface area contributed by atoms with E-state index in [2.05, 4.69) is 0 Å². The lowest BCUT2D eigenvalue weighted by Gasteiger charge is -2.30. The molecular formula is C13H22N2O3S. The highest BCUT2D eigenvalue weighted by Crippen LogP contribution is 2.24. The molecule has 2 fully saturated rings. The molecule has 2 amide bonds. The monoisotopic (exact) mass is 286 g/mol. The van der Waals surface area contributed by atoms with Crippen LogP contribution in [0.4, 0.5) is 0 Å². The Labute approximate surface area is 116 Å². The van der Waals surface area contributed by atoms with Gasteiger partial charge in [-0.05, 0) is 26.2 Å². The SMILES string of the molecule is CC(CCS(C)=O)N1CCC(=O)N2CCCC2C1=O. The first-order valence-electron chi connectivity index (χ1n) is 6.90. The third kappa shape index (κ3) is 3.16. The van der Waals surface area contributed by atoms with Gasteiger partial charge in [-0.25, -0.2) is 0 Å². The molecule has 2 saturated heterocycles. The van der Waals surface area contributed by atoms with Gasteiger partial charge < -0.3 is 9.80 Å². The van der Waals surface area contributed by atoms with Gasteiger partial charge in [0.1, 0.15) is 6.04 Å². The first-order chi connectivity index (χ1) is 9.00. The molecule has 3 unspecified atom stereocenters. The van der Waals surface area contributed by atoms with Gasteiger partial charge in [0.05, 0.1) is 0 Å². The van der Waals surface area contributed by atoms with E-state index < -0.39 is 10.8 Å². The summed E-state index contributed by atoms with van der Waals surface area (Å²) in [7, 11) is -0.834. The van der Waals surface area contributed by atoms with E-state index in [9.17, 15) is 13.8 Å². The van der Waals surface area contributed by atoms with Crippen molar-refractivity contribution in [3.8, 4) is 0 Å². The molecule has 0 aromatic carbocycles. The van der Waals surface area contributed by atoms with Crippen molar-refractivity contribution in [2.75, 3.05) is 25.1 Å². The lowest BCUT2D eigenvalue weighted by Crippen LogP contribution is -2.47. The number of hydrogen-bond donors (Lipinski definition) is 0. The van der Waals surface area contributed by atoms with E-state index >= 15 is 0 Å². The second kappa shape index (κ2) is 6.03. The first kappa shape index (κ1) is 14.5. The summed E-state index contributed by atoms with van der Waals surface area (Å²) in [6.45, 7) is 3.21. The smallest absolute Gasteiger partial charge is 0.245 e. The van der Waals surface area contributed by atoms with Crippen LogP contribution < -0.4 is 0 Å². The van der Waals surface area contributed by atoms with E-state index in [1.54, 1.807) is 11.2 Å². The number of rotatable bonds is 4. The van der Waals surface area contributed by atoms with Gasteiger partial charge >= 0.3 is 0 Å². The number of hydrogen-bond acceptors (Lipinski definition) is 3. The summed E-state index contributed by atoms with van der Waals surface area (Å²) in [6.07, 6.45) is 4.54. The Hall–Kier alpha value is -0.910. The van der Waals surface area contributed by atoms with Crippen LogP contribution in [0.15, 0.2) is 0 Å². The van der Waals surface area contributed by atoms with Crippen LogP contribution in [0.25, 0.3) is 0 Å². The van der Waals surface area contributed by atoms with Gasteiger partial charge in [0.25, 0.3) is 0 Å². The van der Waals surface area contributed by atoms with Crippen molar-refractivity contribution in [1.82, 2.24) is 9.80 Å². The molecule has 0 radical (unpaired) electrons. The molecule has 5 nitrogen and oxygen atoms in total. The average molecular weight is 286 g/mol. The highest BCUT2D eigenvalue weighted by molar-refractivity contribution is 7.84. The summed E-state index contributed by atoms with van der Waals surface area (Å²) in [4.78, 5) is 28.1. The van der Waals surface area contributed by atoms with Gasteiger partial charge in [-0.3, -0.25) is 13.8 Å². The van der Waals surface area contributed by atoms with Crippen LogP contribution in [0.3, 0.4) is 0 Å². The molecule has 0 aliphatic carbocycles. The zero-order valence-electron chi connectivity index (χ0n) is 11.6. The van der Waals surface area contributed by atoms with E-state index in [4.69, 9.17) is 0 Å². The molecule has 6 heteroatoms. The largest absolute Gasteiger partial charge is 0.338 e. The fourth-order valence-corrected chi connectivity index (χ4v) is 3.59. The van der Waals surface area contributed by atoms with E-state index in [-0.39, 0.29) is 23.9 Å². The normalized spacial score (nSPS) is 27.2. The Balaban J connectivity index is 2.06. The van der Waals surface area contributed by atoms with Crippen LogP contribution in [-0.4, -0.2) is 63.0 Å². The minimum absolute atomic E-state index is 0.0600. The topological polar surface area (TPSA) is 57.7 Å². The van der Waals surface area contributed by atoms with Crippen LogP contribution in [0, 0.1) is 0 Å². The number of amides is 2. The summed E-state index contributed by atoms with van der Waals surface area (Å²) < 4.78 is 11.2. The second-order valence-corrected chi connectivity index (χ2v) is 7.00. The fraction of sp³-hybridized carbons (Fsp3) is 0.846. The molecule has 2 heterocycles. The average Bonchev–Trinajstić information content (AvgIpc) is 2.81. The molecule has 2 aliphatic heterocycles. The van der Waals surface area contributed by atoms with Gasteiger partial charge in [-0.2, -0.15) is 0 Å². The van der Waals surface area contributed by atoms with E-state index in [0.29, 0.717) is 18.7 Å².